The number of carbonyl (C=O) groups excluding carboxylic acids is 1. The molecule has 100 valence electrons. The number of nitrogens with one attached hydrogen (secondary N) is 1. The summed E-state index contributed by atoms with van der Waals surface area (Å²) in [5.74, 6) is 0.686. The van der Waals surface area contributed by atoms with Crippen molar-refractivity contribution in [2.75, 3.05) is 26.8 Å². The number of ether oxygens (including phenoxy) is 2. The Morgan fingerprint density at radius 1 is 1.39 bits per heavy atom. The van der Waals surface area contributed by atoms with Crippen LogP contribution in [0.25, 0.3) is 0 Å². The van der Waals surface area contributed by atoms with Crippen molar-refractivity contribution < 1.29 is 19.4 Å². The molecule has 6 heteroatoms. The van der Waals surface area contributed by atoms with E-state index in [0.29, 0.717) is 11.5 Å². The fourth-order valence-corrected chi connectivity index (χ4v) is 1.16. The second-order valence-electron chi connectivity index (χ2n) is 3.61. The van der Waals surface area contributed by atoms with Crippen LogP contribution in [0.3, 0.4) is 0 Å². The van der Waals surface area contributed by atoms with Gasteiger partial charge in [0.1, 0.15) is 12.7 Å². The average molecular weight is 254 g/mol. The van der Waals surface area contributed by atoms with E-state index in [4.69, 9.17) is 15.2 Å². The molecule has 0 heterocycles. The van der Waals surface area contributed by atoms with E-state index >= 15 is 0 Å². The summed E-state index contributed by atoms with van der Waals surface area (Å²) >= 11 is 0. The Morgan fingerprint density at radius 3 is 2.56 bits per heavy atom. The summed E-state index contributed by atoms with van der Waals surface area (Å²) in [4.78, 5) is 11.1. The minimum Gasteiger partial charge on any atom is -0.487 e. The van der Waals surface area contributed by atoms with Gasteiger partial charge in [-0.2, -0.15) is 0 Å². The summed E-state index contributed by atoms with van der Waals surface area (Å²) in [6.45, 7) is 0.119. The third-order valence-electron chi connectivity index (χ3n) is 2.19. The number of hydrogen-bond donors (Lipinski definition) is 3. The molecular formula is C12H18N2O4. The van der Waals surface area contributed by atoms with Crippen LogP contribution in [0.15, 0.2) is 24.3 Å². The Kier molecular flexibility index (Phi) is 5.96. The van der Waals surface area contributed by atoms with Gasteiger partial charge < -0.3 is 25.6 Å². The molecule has 1 atom stereocenters. The lowest BCUT2D eigenvalue weighted by Crippen LogP contribution is -2.27. The first-order valence-corrected chi connectivity index (χ1v) is 5.60. The maximum Gasteiger partial charge on any atom is 0.257 e. The Bertz CT molecular complexity index is 384. The normalized spacial score (nSPS) is 11.7. The Labute approximate surface area is 106 Å². The first-order valence-electron chi connectivity index (χ1n) is 5.60. The van der Waals surface area contributed by atoms with Gasteiger partial charge in [0.25, 0.3) is 5.91 Å². The number of rotatable bonds is 7. The van der Waals surface area contributed by atoms with Gasteiger partial charge in [0.2, 0.25) is 0 Å². The van der Waals surface area contributed by atoms with Gasteiger partial charge >= 0.3 is 0 Å². The molecule has 0 aromatic heterocycles. The molecule has 6 nitrogen and oxygen atoms in total. The molecule has 4 N–H and O–H groups in total. The number of para-hydroxylation sites is 2. The van der Waals surface area contributed by atoms with Crippen molar-refractivity contribution >= 4 is 5.91 Å². The Morgan fingerprint density at radius 2 is 2.00 bits per heavy atom. The van der Waals surface area contributed by atoms with Crippen molar-refractivity contribution in [3.05, 3.63) is 24.3 Å². The second kappa shape index (κ2) is 7.52. The number of aliphatic hydroxyl groups excluding tert-OH is 1. The highest BCUT2D eigenvalue weighted by Crippen LogP contribution is 2.26. The minimum atomic E-state index is -0.725. The smallest absolute Gasteiger partial charge is 0.257 e. The first kappa shape index (κ1) is 14.3. The summed E-state index contributed by atoms with van der Waals surface area (Å²) in [5, 5.41) is 11.8. The molecule has 0 bridgehead atoms. The standard InChI is InChI=1S/C12H18N2O4/c1-14-12(16)8-18-11-5-3-2-4-10(11)17-7-9(15)6-13/h2-5,9,15H,6-8,13H2,1H3,(H,14,16). The van der Waals surface area contributed by atoms with Crippen molar-refractivity contribution in [1.29, 1.82) is 0 Å². The van der Waals surface area contributed by atoms with Crippen LogP contribution < -0.4 is 20.5 Å². The predicted octanol–water partition coefficient (Wildman–Crippen LogP) is -0.490. The largest absolute Gasteiger partial charge is 0.487 e. The summed E-state index contributed by atoms with van der Waals surface area (Å²) in [6.07, 6.45) is -0.725. The fourth-order valence-electron chi connectivity index (χ4n) is 1.16. The zero-order chi connectivity index (χ0) is 13.4. The van der Waals surface area contributed by atoms with Crippen LogP contribution >= 0.6 is 0 Å². The molecule has 0 fully saturated rings. The van der Waals surface area contributed by atoms with Gasteiger partial charge in [0, 0.05) is 13.6 Å². The van der Waals surface area contributed by atoms with Gasteiger partial charge in [0.15, 0.2) is 18.1 Å². The van der Waals surface area contributed by atoms with E-state index in [1.165, 1.54) is 7.05 Å². The number of amides is 1. The quantitative estimate of drug-likeness (QED) is 0.610. The molecule has 0 aliphatic heterocycles. The van der Waals surface area contributed by atoms with Crippen molar-refractivity contribution in [3.63, 3.8) is 0 Å². The lowest BCUT2D eigenvalue weighted by atomic mass is 10.3. The summed E-state index contributed by atoms with van der Waals surface area (Å²) < 4.78 is 10.7. The van der Waals surface area contributed by atoms with Crippen molar-refractivity contribution in [1.82, 2.24) is 5.32 Å². The number of benzene rings is 1. The van der Waals surface area contributed by atoms with E-state index < -0.39 is 6.10 Å². The second-order valence-corrected chi connectivity index (χ2v) is 3.61. The Hall–Kier alpha value is -1.79. The van der Waals surface area contributed by atoms with Crippen molar-refractivity contribution in [3.8, 4) is 11.5 Å². The van der Waals surface area contributed by atoms with E-state index in [2.05, 4.69) is 5.32 Å². The number of hydrogen-bond acceptors (Lipinski definition) is 5. The lowest BCUT2D eigenvalue weighted by Gasteiger charge is -2.14. The van der Waals surface area contributed by atoms with E-state index in [1.54, 1.807) is 24.3 Å². The number of nitrogens with two attached hydrogens (primary N) is 1. The van der Waals surface area contributed by atoms with Crippen LogP contribution in [0, 0.1) is 0 Å². The maximum absolute atomic E-state index is 11.1. The molecule has 1 aromatic carbocycles. The maximum atomic E-state index is 11.1. The minimum absolute atomic E-state index is 0.0802. The molecule has 0 aliphatic carbocycles. The van der Waals surface area contributed by atoms with E-state index in [1.807, 2.05) is 0 Å². The van der Waals surface area contributed by atoms with Crippen molar-refractivity contribution in [2.24, 2.45) is 5.73 Å². The lowest BCUT2D eigenvalue weighted by molar-refractivity contribution is -0.122. The summed E-state index contributed by atoms with van der Waals surface area (Å²) in [7, 11) is 1.53. The molecule has 1 amide bonds. The van der Waals surface area contributed by atoms with E-state index in [0.717, 1.165) is 0 Å². The molecule has 18 heavy (non-hydrogen) atoms. The molecule has 1 unspecified atom stereocenters. The third kappa shape index (κ3) is 4.60. The van der Waals surface area contributed by atoms with Gasteiger partial charge in [-0.15, -0.1) is 0 Å². The van der Waals surface area contributed by atoms with E-state index in [9.17, 15) is 9.90 Å². The third-order valence-corrected chi connectivity index (χ3v) is 2.19. The van der Waals surface area contributed by atoms with Gasteiger partial charge in [-0.1, -0.05) is 12.1 Å². The van der Waals surface area contributed by atoms with Crippen LogP contribution in [0.2, 0.25) is 0 Å². The van der Waals surface area contributed by atoms with Gasteiger partial charge in [-0.25, -0.2) is 0 Å². The number of aliphatic hydroxyl groups is 1. The fraction of sp³-hybridized carbons (Fsp3) is 0.417. The van der Waals surface area contributed by atoms with E-state index in [-0.39, 0.29) is 25.7 Å². The molecule has 0 radical (unpaired) electrons. The van der Waals surface area contributed by atoms with Crippen LogP contribution in [-0.2, 0) is 4.79 Å². The van der Waals surface area contributed by atoms with Gasteiger partial charge in [-0.3, -0.25) is 4.79 Å². The Balaban J connectivity index is 2.58. The zero-order valence-electron chi connectivity index (χ0n) is 10.3. The topological polar surface area (TPSA) is 93.8 Å². The van der Waals surface area contributed by atoms with Gasteiger partial charge in [-0.05, 0) is 12.1 Å². The molecule has 1 aromatic rings. The van der Waals surface area contributed by atoms with Crippen LogP contribution in [0.1, 0.15) is 0 Å². The number of carbonyl (C=O) groups is 1. The van der Waals surface area contributed by atoms with Crippen LogP contribution in [0.5, 0.6) is 11.5 Å². The zero-order valence-corrected chi connectivity index (χ0v) is 10.3. The molecular weight excluding hydrogens is 236 g/mol. The predicted molar refractivity (Wildman–Crippen MR) is 66.6 cm³/mol. The highest BCUT2D eigenvalue weighted by molar-refractivity contribution is 5.77. The number of likely N-dealkylation sites (N-methyl/N-ethyl adjacent to an activating group) is 1. The molecule has 0 aliphatic rings. The molecule has 0 spiro atoms. The van der Waals surface area contributed by atoms with Gasteiger partial charge in [0.05, 0.1) is 0 Å². The highest BCUT2D eigenvalue weighted by Gasteiger charge is 2.08. The molecule has 0 saturated heterocycles. The molecule has 0 saturated carbocycles. The van der Waals surface area contributed by atoms with Crippen LogP contribution in [-0.4, -0.2) is 43.9 Å². The summed E-state index contributed by atoms with van der Waals surface area (Å²) in [5.41, 5.74) is 5.28. The van der Waals surface area contributed by atoms with Crippen LogP contribution in [0.4, 0.5) is 0 Å². The molecule has 1 rings (SSSR count). The average Bonchev–Trinajstić information content (AvgIpc) is 2.42. The highest BCUT2D eigenvalue weighted by atomic mass is 16.5. The van der Waals surface area contributed by atoms with Crippen molar-refractivity contribution in [2.45, 2.75) is 6.10 Å². The summed E-state index contributed by atoms with van der Waals surface area (Å²) in [6, 6.07) is 6.93. The SMILES string of the molecule is CNC(=O)COc1ccccc1OCC(O)CN. The first-order chi connectivity index (χ1) is 8.67. The monoisotopic (exact) mass is 254 g/mol.